The molecule has 1 unspecified atom stereocenters. The van der Waals surface area contributed by atoms with Crippen LogP contribution in [-0.2, 0) is 6.18 Å². The van der Waals surface area contributed by atoms with Crippen LogP contribution >= 0.6 is 23.2 Å². The molecule has 112 valence electrons. The summed E-state index contributed by atoms with van der Waals surface area (Å²) < 4.78 is 38.2. The standard InChI is InChI=1S/C15H12Cl2F3N/c1-9(21-14-12(16)6-3-7-13(14)17)10-4-2-5-11(8-10)15(18,19)20/h2-9,21H,1H3. The number of hydrogen-bond acceptors (Lipinski definition) is 1. The Labute approximate surface area is 130 Å². The Hall–Kier alpha value is -1.39. The molecule has 1 N–H and O–H groups in total. The highest BCUT2D eigenvalue weighted by Crippen LogP contribution is 2.34. The number of alkyl halides is 3. The van der Waals surface area contributed by atoms with Gasteiger partial charge in [-0.1, -0.05) is 41.4 Å². The maximum Gasteiger partial charge on any atom is 0.416 e. The van der Waals surface area contributed by atoms with Gasteiger partial charge in [-0.15, -0.1) is 0 Å². The highest BCUT2D eigenvalue weighted by Gasteiger charge is 2.30. The fourth-order valence-electron chi connectivity index (χ4n) is 1.92. The first-order valence-electron chi connectivity index (χ1n) is 6.16. The molecule has 2 rings (SSSR count). The Balaban J connectivity index is 2.27. The normalized spacial score (nSPS) is 13.0. The maximum atomic E-state index is 12.7. The summed E-state index contributed by atoms with van der Waals surface area (Å²) in [4.78, 5) is 0. The van der Waals surface area contributed by atoms with Crippen molar-refractivity contribution in [1.29, 1.82) is 0 Å². The Kier molecular flexibility index (Phi) is 4.69. The molecule has 0 saturated carbocycles. The highest BCUT2D eigenvalue weighted by molar-refractivity contribution is 6.39. The predicted octanol–water partition coefficient (Wildman–Crippen LogP) is 6.19. The quantitative estimate of drug-likeness (QED) is 0.706. The zero-order valence-electron chi connectivity index (χ0n) is 11.0. The van der Waals surface area contributed by atoms with E-state index in [1.807, 2.05) is 0 Å². The van der Waals surface area contributed by atoms with Crippen molar-refractivity contribution < 1.29 is 13.2 Å². The third kappa shape index (κ3) is 3.83. The molecular weight excluding hydrogens is 322 g/mol. The van der Waals surface area contributed by atoms with Crippen LogP contribution in [0.3, 0.4) is 0 Å². The van der Waals surface area contributed by atoms with E-state index in [0.717, 1.165) is 12.1 Å². The van der Waals surface area contributed by atoms with Crippen LogP contribution in [0.5, 0.6) is 0 Å². The Morgan fingerprint density at radius 3 is 2.14 bits per heavy atom. The van der Waals surface area contributed by atoms with Crippen LogP contribution in [0.1, 0.15) is 24.1 Å². The SMILES string of the molecule is CC(Nc1c(Cl)cccc1Cl)c1cccc(C(F)(F)F)c1. The minimum atomic E-state index is -4.36. The largest absolute Gasteiger partial charge is 0.416 e. The summed E-state index contributed by atoms with van der Waals surface area (Å²) in [7, 11) is 0. The van der Waals surface area contributed by atoms with Crippen LogP contribution < -0.4 is 5.32 Å². The molecule has 2 aromatic rings. The number of nitrogens with one attached hydrogen (secondary N) is 1. The number of para-hydroxylation sites is 1. The van der Waals surface area contributed by atoms with E-state index in [9.17, 15) is 13.2 Å². The minimum absolute atomic E-state index is 0.371. The van der Waals surface area contributed by atoms with Crippen molar-refractivity contribution in [3.8, 4) is 0 Å². The van der Waals surface area contributed by atoms with Gasteiger partial charge in [0.15, 0.2) is 0 Å². The fourth-order valence-corrected chi connectivity index (χ4v) is 2.43. The average Bonchev–Trinajstić information content (AvgIpc) is 2.42. The van der Waals surface area contributed by atoms with Gasteiger partial charge in [0.2, 0.25) is 0 Å². The second-order valence-electron chi connectivity index (χ2n) is 4.59. The first kappa shape index (κ1) is 16.0. The van der Waals surface area contributed by atoms with E-state index in [-0.39, 0.29) is 6.04 Å². The molecule has 2 aromatic carbocycles. The highest BCUT2D eigenvalue weighted by atomic mass is 35.5. The van der Waals surface area contributed by atoms with Crippen molar-refractivity contribution >= 4 is 28.9 Å². The van der Waals surface area contributed by atoms with Gasteiger partial charge < -0.3 is 5.32 Å². The van der Waals surface area contributed by atoms with Crippen LogP contribution in [0.25, 0.3) is 0 Å². The molecule has 0 fully saturated rings. The molecule has 0 aliphatic rings. The number of hydrogen-bond donors (Lipinski definition) is 1. The van der Waals surface area contributed by atoms with Crippen LogP contribution in [0.2, 0.25) is 10.0 Å². The van der Waals surface area contributed by atoms with E-state index in [2.05, 4.69) is 5.32 Å². The van der Waals surface area contributed by atoms with E-state index in [4.69, 9.17) is 23.2 Å². The van der Waals surface area contributed by atoms with Crippen molar-refractivity contribution in [3.05, 3.63) is 63.6 Å². The van der Waals surface area contributed by atoms with Crippen LogP contribution in [0.15, 0.2) is 42.5 Å². The number of halogens is 5. The molecule has 0 aliphatic heterocycles. The summed E-state index contributed by atoms with van der Waals surface area (Å²) >= 11 is 12.1. The van der Waals surface area contributed by atoms with Crippen molar-refractivity contribution in [2.24, 2.45) is 0 Å². The summed E-state index contributed by atoms with van der Waals surface area (Å²) in [5.74, 6) is 0. The van der Waals surface area contributed by atoms with E-state index >= 15 is 0 Å². The molecule has 0 bridgehead atoms. The third-order valence-electron chi connectivity index (χ3n) is 3.04. The van der Waals surface area contributed by atoms with Gasteiger partial charge in [-0.05, 0) is 36.8 Å². The van der Waals surface area contributed by atoms with E-state index < -0.39 is 11.7 Å². The van der Waals surface area contributed by atoms with Crippen LogP contribution in [-0.4, -0.2) is 0 Å². The molecule has 1 nitrogen and oxygen atoms in total. The van der Waals surface area contributed by atoms with Crippen molar-refractivity contribution in [1.82, 2.24) is 0 Å². The molecule has 0 saturated heterocycles. The van der Waals surface area contributed by atoms with Gasteiger partial charge in [-0.2, -0.15) is 13.2 Å². The summed E-state index contributed by atoms with van der Waals surface area (Å²) in [5, 5.41) is 3.88. The van der Waals surface area contributed by atoms with Gasteiger partial charge in [0.25, 0.3) is 0 Å². The lowest BCUT2D eigenvalue weighted by Crippen LogP contribution is -2.10. The Bertz CT molecular complexity index is 621. The number of anilines is 1. The topological polar surface area (TPSA) is 12.0 Å². The summed E-state index contributed by atoms with van der Waals surface area (Å²) in [5.41, 5.74) is 0.325. The lowest BCUT2D eigenvalue weighted by molar-refractivity contribution is -0.137. The molecule has 0 aliphatic carbocycles. The molecule has 0 radical (unpaired) electrons. The van der Waals surface area contributed by atoms with Crippen molar-refractivity contribution in [2.75, 3.05) is 5.32 Å². The first-order chi connectivity index (χ1) is 9.79. The van der Waals surface area contributed by atoms with Gasteiger partial charge >= 0.3 is 6.18 Å². The molecule has 0 aromatic heterocycles. The van der Waals surface area contributed by atoms with Crippen LogP contribution in [0.4, 0.5) is 18.9 Å². The van der Waals surface area contributed by atoms with E-state index in [1.54, 1.807) is 31.2 Å². The summed E-state index contributed by atoms with van der Waals surface area (Å²) in [6.45, 7) is 1.75. The smallest absolute Gasteiger partial charge is 0.376 e. The molecule has 1 atom stereocenters. The molecule has 0 amide bonds. The van der Waals surface area contributed by atoms with E-state index in [0.29, 0.717) is 21.3 Å². The number of rotatable bonds is 3. The summed E-state index contributed by atoms with van der Waals surface area (Å²) in [6, 6.07) is 9.81. The Morgan fingerprint density at radius 1 is 1.00 bits per heavy atom. The third-order valence-corrected chi connectivity index (χ3v) is 3.67. The maximum absolute atomic E-state index is 12.7. The number of benzene rings is 2. The average molecular weight is 334 g/mol. The molecule has 6 heteroatoms. The summed E-state index contributed by atoms with van der Waals surface area (Å²) in [6.07, 6.45) is -4.36. The fraction of sp³-hybridized carbons (Fsp3) is 0.200. The monoisotopic (exact) mass is 333 g/mol. The zero-order chi connectivity index (χ0) is 15.6. The van der Waals surface area contributed by atoms with Gasteiger partial charge in [0.1, 0.15) is 0 Å². The second-order valence-corrected chi connectivity index (χ2v) is 5.40. The molecule has 0 spiro atoms. The lowest BCUT2D eigenvalue weighted by atomic mass is 10.0. The zero-order valence-corrected chi connectivity index (χ0v) is 12.5. The van der Waals surface area contributed by atoms with Gasteiger partial charge in [0, 0.05) is 6.04 Å². The molecular formula is C15H12Cl2F3N. The molecule has 21 heavy (non-hydrogen) atoms. The van der Waals surface area contributed by atoms with Crippen molar-refractivity contribution in [2.45, 2.75) is 19.1 Å². The minimum Gasteiger partial charge on any atom is -0.376 e. The van der Waals surface area contributed by atoms with Gasteiger partial charge in [-0.3, -0.25) is 0 Å². The predicted molar refractivity (Wildman–Crippen MR) is 79.9 cm³/mol. The van der Waals surface area contributed by atoms with Gasteiger partial charge in [-0.25, -0.2) is 0 Å². The van der Waals surface area contributed by atoms with Crippen LogP contribution in [0, 0.1) is 0 Å². The first-order valence-corrected chi connectivity index (χ1v) is 6.92. The molecule has 0 heterocycles. The lowest BCUT2D eigenvalue weighted by Gasteiger charge is -2.19. The van der Waals surface area contributed by atoms with Gasteiger partial charge in [0.05, 0.1) is 21.3 Å². The Morgan fingerprint density at radius 2 is 1.57 bits per heavy atom. The second kappa shape index (κ2) is 6.16. The van der Waals surface area contributed by atoms with E-state index in [1.165, 1.54) is 6.07 Å². The van der Waals surface area contributed by atoms with Crippen molar-refractivity contribution in [3.63, 3.8) is 0 Å².